The van der Waals surface area contributed by atoms with Crippen LogP contribution >= 0.6 is 7.82 Å². The van der Waals surface area contributed by atoms with Crippen molar-refractivity contribution in [2.75, 3.05) is 6.61 Å². The van der Waals surface area contributed by atoms with Gasteiger partial charge >= 0.3 is 7.82 Å². The Kier molecular flexibility index (Phi) is 3.85. The lowest BCUT2D eigenvalue weighted by Crippen LogP contribution is -2.24. The smallest absolute Gasteiger partial charge is 0.393 e. The molecule has 7 heteroatoms. The number of phosphoric ester groups is 1. The van der Waals surface area contributed by atoms with Gasteiger partial charge in [0.1, 0.15) is 0 Å². The average molecular weight is 184 g/mol. The molecular weight excluding hydrogens is 175 g/mol. The summed E-state index contributed by atoms with van der Waals surface area (Å²) in [6, 6.07) is 0. The highest BCUT2D eigenvalue weighted by Crippen LogP contribution is 2.37. The van der Waals surface area contributed by atoms with Crippen molar-refractivity contribution in [2.45, 2.75) is 13.0 Å². The minimum Gasteiger partial charge on any atom is -0.393 e. The van der Waals surface area contributed by atoms with Crippen LogP contribution in [0.15, 0.2) is 0 Å². The molecule has 0 rings (SSSR count). The molecule has 11 heavy (non-hydrogen) atoms. The Morgan fingerprint density at radius 2 is 2.09 bits per heavy atom. The third kappa shape index (κ3) is 5.06. The maximum atomic E-state index is 10.4. The largest absolute Gasteiger partial charge is 0.470 e. The summed E-state index contributed by atoms with van der Waals surface area (Å²) in [5, 5.41) is 8.37. The van der Waals surface area contributed by atoms with Gasteiger partial charge in [-0.1, -0.05) is 0 Å². The fourth-order valence-corrected chi connectivity index (χ4v) is 0.948. The highest BCUT2D eigenvalue weighted by atomic mass is 31.2. The summed E-state index contributed by atoms with van der Waals surface area (Å²) in [4.78, 5) is 26.8. The number of rotatable bonds is 4. The summed E-state index contributed by atoms with van der Waals surface area (Å²) in [6.45, 7) is 0.330. The molecule has 0 amide bonds. The molecule has 0 aromatic carbocycles. The van der Waals surface area contributed by atoms with E-state index in [9.17, 15) is 9.36 Å². The monoisotopic (exact) mass is 184 g/mol. The van der Waals surface area contributed by atoms with Crippen molar-refractivity contribution in [1.29, 1.82) is 0 Å². The normalized spacial score (nSPS) is 14.5. The lowest BCUT2D eigenvalue weighted by molar-refractivity contribution is -0.126. The quantitative estimate of drug-likeness (QED) is 0.486. The second-order valence-corrected chi connectivity index (χ2v) is 3.07. The summed E-state index contributed by atoms with van der Waals surface area (Å²) in [5.41, 5.74) is 0. The van der Waals surface area contributed by atoms with E-state index in [2.05, 4.69) is 4.52 Å². The summed E-state index contributed by atoms with van der Waals surface area (Å²) >= 11 is 0. The van der Waals surface area contributed by atoms with Gasteiger partial charge in [-0.05, 0) is 6.92 Å². The molecule has 0 aliphatic heterocycles. The van der Waals surface area contributed by atoms with Crippen molar-refractivity contribution >= 4 is 13.6 Å². The second kappa shape index (κ2) is 3.94. The minimum absolute atomic E-state index is 0.629. The van der Waals surface area contributed by atoms with Crippen LogP contribution in [-0.2, 0) is 13.9 Å². The molecule has 0 aromatic rings. The van der Waals surface area contributed by atoms with Gasteiger partial charge in [0.15, 0.2) is 11.9 Å². The first-order valence-corrected chi connectivity index (χ1v) is 4.25. The van der Waals surface area contributed by atoms with Crippen LogP contribution in [0.5, 0.6) is 0 Å². The van der Waals surface area contributed by atoms with Crippen LogP contribution in [0.3, 0.4) is 0 Å². The van der Waals surface area contributed by atoms with Gasteiger partial charge in [0.2, 0.25) is 0 Å². The van der Waals surface area contributed by atoms with E-state index < -0.39 is 26.3 Å². The molecule has 0 aliphatic carbocycles. The summed E-state index contributed by atoms with van der Waals surface area (Å²) < 4.78 is 14.0. The van der Waals surface area contributed by atoms with E-state index in [1.54, 1.807) is 0 Å². The fourth-order valence-electron chi connectivity index (χ4n) is 0.402. The molecule has 0 aliphatic rings. The molecule has 0 saturated carbocycles. The van der Waals surface area contributed by atoms with Gasteiger partial charge in [-0.15, -0.1) is 0 Å². The zero-order valence-corrected chi connectivity index (χ0v) is 6.69. The van der Waals surface area contributed by atoms with Crippen molar-refractivity contribution in [3.63, 3.8) is 0 Å². The highest BCUT2D eigenvalue weighted by Gasteiger charge is 2.24. The third-order valence-corrected chi connectivity index (χ3v) is 1.41. The lowest BCUT2D eigenvalue weighted by Gasteiger charge is -2.11. The Bertz CT molecular complexity index is 183. The molecule has 66 valence electrons. The topological polar surface area (TPSA) is 104 Å². The van der Waals surface area contributed by atoms with Gasteiger partial charge in [0.05, 0.1) is 6.61 Å². The van der Waals surface area contributed by atoms with Gasteiger partial charge in [-0.3, -0.25) is 9.32 Å². The Hall–Kier alpha value is -0.260. The summed E-state index contributed by atoms with van der Waals surface area (Å²) in [7, 11) is -4.67. The Balaban J connectivity index is 4.10. The van der Waals surface area contributed by atoms with Gasteiger partial charge < -0.3 is 14.9 Å². The van der Waals surface area contributed by atoms with E-state index in [0.717, 1.165) is 6.92 Å². The predicted molar refractivity (Wildman–Crippen MR) is 34.7 cm³/mol. The van der Waals surface area contributed by atoms with Crippen LogP contribution in [0.25, 0.3) is 0 Å². The van der Waals surface area contributed by atoms with Crippen molar-refractivity contribution in [3.05, 3.63) is 0 Å². The Morgan fingerprint density at radius 1 is 1.64 bits per heavy atom. The van der Waals surface area contributed by atoms with E-state index in [4.69, 9.17) is 14.9 Å². The molecule has 0 spiro atoms. The first kappa shape index (κ1) is 10.7. The minimum atomic E-state index is -4.67. The fraction of sp³-hybridized carbons (Fsp3) is 0.750. The first-order chi connectivity index (χ1) is 4.87. The second-order valence-electron chi connectivity index (χ2n) is 1.88. The number of carbonyl (C=O) groups excluding carboxylic acids is 1. The van der Waals surface area contributed by atoms with Gasteiger partial charge in [-0.2, -0.15) is 0 Å². The van der Waals surface area contributed by atoms with Crippen LogP contribution in [0, 0.1) is 0 Å². The van der Waals surface area contributed by atoms with Crippen LogP contribution < -0.4 is 0 Å². The van der Waals surface area contributed by atoms with Crippen molar-refractivity contribution < 1.29 is 28.8 Å². The zero-order valence-electron chi connectivity index (χ0n) is 5.80. The standard InChI is InChI=1S/C4H9O6P/c1-3(6)4(2-5)10-11(7,8)9/h4-5H,2H2,1H3,(H2,7,8,9). The lowest BCUT2D eigenvalue weighted by atomic mass is 10.3. The predicted octanol–water partition coefficient (Wildman–Crippen LogP) is -0.954. The Labute approximate surface area is 63.0 Å². The molecule has 0 saturated heterocycles. The average Bonchev–Trinajstić information content (AvgIpc) is 1.80. The number of carbonyl (C=O) groups is 1. The summed E-state index contributed by atoms with van der Waals surface area (Å²) in [5.74, 6) is -0.629. The molecule has 1 atom stereocenters. The SMILES string of the molecule is CC(=O)C(CO)OP(=O)(O)O. The van der Waals surface area contributed by atoms with E-state index in [0.29, 0.717) is 0 Å². The van der Waals surface area contributed by atoms with Gasteiger partial charge in [0.25, 0.3) is 0 Å². The maximum Gasteiger partial charge on any atom is 0.470 e. The molecule has 3 N–H and O–H groups in total. The van der Waals surface area contributed by atoms with Crippen LogP contribution in [0.4, 0.5) is 0 Å². The van der Waals surface area contributed by atoms with E-state index >= 15 is 0 Å². The summed E-state index contributed by atoms with van der Waals surface area (Å²) in [6.07, 6.45) is -1.43. The van der Waals surface area contributed by atoms with Gasteiger partial charge in [0, 0.05) is 0 Å². The van der Waals surface area contributed by atoms with Crippen LogP contribution in [-0.4, -0.2) is 33.4 Å². The number of ketones is 1. The molecular formula is C4H9O6P. The van der Waals surface area contributed by atoms with E-state index in [1.165, 1.54) is 0 Å². The maximum absolute atomic E-state index is 10.4. The Morgan fingerprint density at radius 3 is 2.18 bits per heavy atom. The number of aliphatic hydroxyl groups excluding tert-OH is 1. The third-order valence-electron chi connectivity index (χ3n) is 0.884. The number of Topliss-reactive ketones (excluding diaryl/α,β-unsaturated/α-hetero) is 1. The molecule has 0 radical (unpaired) electrons. The van der Waals surface area contributed by atoms with E-state index in [-0.39, 0.29) is 0 Å². The van der Waals surface area contributed by atoms with Crippen molar-refractivity contribution in [3.8, 4) is 0 Å². The van der Waals surface area contributed by atoms with Crippen LogP contribution in [0.2, 0.25) is 0 Å². The van der Waals surface area contributed by atoms with Crippen molar-refractivity contribution in [1.82, 2.24) is 0 Å². The zero-order chi connectivity index (χ0) is 9.07. The number of hydrogen-bond donors (Lipinski definition) is 3. The molecule has 0 bridgehead atoms. The van der Waals surface area contributed by atoms with Gasteiger partial charge in [-0.25, -0.2) is 4.57 Å². The number of aliphatic hydroxyl groups is 1. The van der Waals surface area contributed by atoms with E-state index in [1.807, 2.05) is 0 Å². The molecule has 0 aromatic heterocycles. The molecule has 0 heterocycles. The molecule has 6 nitrogen and oxygen atoms in total. The highest BCUT2D eigenvalue weighted by molar-refractivity contribution is 7.46. The number of hydrogen-bond acceptors (Lipinski definition) is 4. The van der Waals surface area contributed by atoms with Crippen LogP contribution in [0.1, 0.15) is 6.92 Å². The number of phosphoric acid groups is 1. The molecule has 0 fully saturated rings. The van der Waals surface area contributed by atoms with Crippen molar-refractivity contribution in [2.24, 2.45) is 0 Å². The molecule has 1 unspecified atom stereocenters. The first-order valence-electron chi connectivity index (χ1n) is 2.72.